The van der Waals surface area contributed by atoms with Crippen LogP contribution >= 0.6 is 12.4 Å². The van der Waals surface area contributed by atoms with E-state index in [1.165, 1.54) is 6.26 Å². The molecule has 1 aliphatic carbocycles. The zero-order valence-corrected chi connectivity index (χ0v) is 10.1. The summed E-state index contributed by atoms with van der Waals surface area (Å²) < 4.78 is 22.9. The first-order valence-corrected chi connectivity index (χ1v) is 6.41. The van der Waals surface area contributed by atoms with Crippen molar-refractivity contribution >= 4 is 22.2 Å². The number of hydrogen-bond acceptors (Lipinski definition) is 3. The van der Waals surface area contributed by atoms with Gasteiger partial charge in [0.2, 0.25) is 0 Å². The molecule has 5 heteroatoms. The lowest BCUT2D eigenvalue weighted by Gasteiger charge is -2.13. The van der Waals surface area contributed by atoms with E-state index in [4.69, 9.17) is 5.73 Å². The molecule has 1 fully saturated rings. The van der Waals surface area contributed by atoms with Crippen molar-refractivity contribution in [2.75, 3.05) is 6.26 Å². The van der Waals surface area contributed by atoms with E-state index in [9.17, 15) is 8.42 Å². The van der Waals surface area contributed by atoms with Gasteiger partial charge in [-0.25, -0.2) is 8.42 Å². The third-order valence-electron chi connectivity index (χ3n) is 2.61. The highest BCUT2D eigenvalue weighted by molar-refractivity contribution is 7.90. The van der Waals surface area contributed by atoms with Gasteiger partial charge in [0.1, 0.15) is 0 Å². The van der Waals surface area contributed by atoms with Crippen molar-refractivity contribution in [1.82, 2.24) is 0 Å². The highest BCUT2D eigenvalue weighted by Gasteiger charge is 2.42. The van der Waals surface area contributed by atoms with E-state index in [1.54, 1.807) is 12.1 Å². The number of benzene rings is 1. The summed E-state index contributed by atoms with van der Waals surface area (Å²) in [6, 6.07) is 6.99. The van der Waals surface area contributed by atoms with Crippen LogP contribution in [0.4, 0.5) is 0 Å². The van der Waals surface area contributed by atoms with Crippen molar-refractivity contribution in [1.29, 1.82) is 0 Å². The van der Waals surface area contributed by atoms with Crippen LogP contribution in [0.1, 0.15) is 18.4 Å². The van der Waals surface area contributed by atoms with Gasteiger partial charge in [-0.1, -0.05) is 18.2 Å². The molecule has 0 radical (unpaired) electrons. The topological polar surface area (TPSA) is 60.2 Å². The smallest absolute Gasteiger partial charge is 0.175 e. The van der Waals surface area contributed by atoms with Crippen molar-refractivity contribution < 1.29 is 8.42 Å². The molecule has 0 spiro atoms. The predicted octanol–water partition coefficient (Wildman–Crippen LogP) is 1.46. The first-order chi connectivity index (χ1) is 6.43. The minimum Gasteiger partial charge on any atom is -0.321 e. The molecule has 3 nitrogen and oxygen atoms in total. The summed E-state index contributed by atoms with van der Waals surface area (Å²) in [6.07, 6.45) is 2.97. The zero-order chi connectivity index (χ0) is 10.4. The van der Waals surface area contributed by atoms with Crippen molar-refractivity contribution in [2.24, 2.45) is 5.73 Å². The van der Waals surface area contributed by atoms with Gasteiger partial charge in [-0.2, -0.15) is 0 Å². The Kier molecular flexibility index (Phi) is 3.14. The lowest BCUT2D eigenvalue weighted by Crippen LogP contribution is -2.21. The predicted molar refractivity (Wildman–Crippen MR) is 61.9 cm³/mol. The Balaban J connectivity index is 0.00000112. The molecule has 0 saturated heterocycles. The van der Waals surface area contributed by atoms with E-state index in [1.807, 2.05) is 12.1 Å². The van der Waals surface area contributed by atoms with Gasteiger partial charge < -0.3 is 5.73 Å². The zero-order valence-electron chi connectivity index (χ0n) is 8.43. The molecule has 0 unspecified atom stereocenters. The summed E-state index contributed by atoms with van der Waals surface area (Å²) in [4.78, 5) is 0.375. The maximum atomic E-state index is 11.5. The van der Waals surface area contributed by atoms with Crippen LogP contribution in [-0.2, 0) is 15.4 Å². The van der Waals surface area contributed by atoms with E-state index in [0.717, 1.165) is 18.4 Å². The van der Waals surface area contributed by atoms with Gasteiger partial charge in [-0.05, 0) is 24.5 Å². The van der Waals surface area contributed by atoms with Gasteiger partial charge in [0.05, 0.1) is 4.90 Å². The number of nitrogens with two attached hydrogens (primary N) is 1. The summed E-state index contributed by atoms with van der Waals surface area (Å²) in [6.45, 7) is 0. The fourth-order valence-corrected chi connectivity index (χ4v) is 2.60. The van der Waals surface area contributed by atoms with Gasteiger partial charge in [-0.15, -0.1) is 12.4 Å². The first kappa shape index (κ1) is 12.5. The minimum atomic E-state index is -3.16. The molecular weight excluding hydrogens is 234 g/mol. The highest BCUT2D eigenvalue weighted by atomic mass is 35.5. The molecule has 2 N–H and O–H groups in total. The molecule has 0 aliphatic heterocycles. The normalized spacial score (nSPS) is 18.0. The van der Waals surface area contributed by atoms with E-state index < -0.39 is 9.84 Å². The molecule has 0 bridgehead atoms. The Hall–Kier alpha value is -0.580. The largest absolute Gasteiger partial charge is 0.321 e. The molecule has 2 rings (SSSR count). The average molecular weight is 248 g/mol. The van der Waals surface area contributed by atoms with Crippen LogP contribution in [0.5, 0.6) is 0 Å². The molecule has 1 saturated carbocycles. The number of hydrogen-bond donors (Lipinski definition) is 1. The van der Waals surface area contributed by atoms with Gasteiger partial charge in [-0.3, -0.25) is 0 Å². The fraction of sp³-hybridized carbons (Fsp3) is 0.400. The monoisotopic (exact) mass is 247 g/mol. The van der Waals surface area contributed by atoms with E-state index >= 15 is 0 Å². The van der Waals surface area contributed by atoms with Crippen LogP contribution in [0.15, 0.2) is 29.2 Å². The minimum absolute atomic E-state index is 0. The fourth-order valence-electron chi connectivity index (χ4n) is 1.61. The average Bonchev–Trinajstić information content (AvgIpc) is 2.84. The van der Waals surface area contributed by atoms with Crippen LogP contribution in [-0.4, -0.2) is 14.7 Å². The molecule has 1 aromatic rings. The second-order valence-corrected chi connectivity index (χ2v) is 5.91. The summed E-state index contributed by atoms with van der Waals surface area (Å²) in [7, 11) is -3.16. The maximum Gasteiger partial charge on any atom is 0.175 e. The van der Waals surface area contributed by atoms with Gasteiger partial charge >= 0.3 is 0 Å². The molecule has 1 aromatic carbocycles. The van der Waals surface area contributed by atoms with Gasteiger partial charge in [0.25, 0.3) is 0 Å². The van der Waals surface area contributed by atoms with E-state index in [-0.39, 0.29) is 17.9 Å². The molecule has 0 heterocycles. The van der Waals surface area contributed by atoms with Crippen LogP contribution in [0.2, 0.25) is 0 Å². The molecule has 0 aromatic heterocycles. The summed E-state index contributed by atoms with van der Waals surface area (Å²) in [5.41, 5.74) is 6.38. The molecule has 0 amide bonds. The van der Waals surface area contributed by atoms with Gasteiger partial charge in [0, 0.05) is 11.8 Å². The molecule has 1 aliphatic rings. The lowest BCUT2D eigenvalue weighted by molar-refractivity contribution is 0.597. The van der Waals surface area contributed by atoms with Crippen LogP contribution in [0.25, 0.3) is 0 Å². The summed E-state index contributed by atoms with van der Waals surface area (Å²) in [5, 5.41) is 0. The van der Waals surface area contributed by atoms with E-state index in [0.29, 0.717) is 4.90 Å². The SMILES string of the molecule is CS(=O)(=O)c1ccccc1C1(N)CC1.Cl. The highest BCUT2D eigenvalue weighted by Crippen LogP contribution is 2.44. The Labute approximate surface area is 96.0 Å². The van der Waals surface area contributed by atoms with Crippen molar-refractivity contribution in [3.05, 3.63) is 29.8 Å². The lowest BCUT2D eigenvalue weighted by atomic mass is 10.1. The standard InChI is InChI=1S/C10H13NO2S.ClH/c1-14(12,13)9-5-3-2-4-8(9)10(11)6-7-10;/h2-5H,6-7,11H2,1H3;1H. The molecule has 84 valence electrons. The summed E-state index contributed by atoms with van der Waals surface area (Å²) in [5.74, 6) is 0. The van der Waals surface area contributed by atoms with Crippen LogP contribution < -0.4 is 5.73 Å². The summed E-state index contributed by atoms with van der Waals surface area (Å²) >= 11 is 0. The second kappa shape index (κ2) is 3.77. The first-order valence-electron chi connectivity index (χ1n) is 4.52. The number of rotatable bonds is 2. The van der Waals surface area contributed by atoms with Crippen LogP contribution in [0, 0.1) is 0 Å². The van der Waals surface area contributed by atoms with Gasteiger partial charge in [0.15, 0.2) is 9.84 Å². The third-order valence-corrected chi connectivity index (χ3v) is 3.77. The molecular formula is C10H14ClNO2S. The second-order valence-electron chi connectivity index (χ2n) is 3.92. The molecule has 15 heavy (non-hydrogen) atoms. The van der Waals surface area contributed by atoms with Crippen molar-refractivity contribution in [3.63, 3.8) is 0 Å². The Morgan fingerprint density at radius 2 is 1.80 bits per heavy atom. The molecule has 0 atom stereocenters. The van der Waals surface area contributed by atoms with E-state index in [2.05, 4.69) is 0 Å². The Morgan fingerprint density at radius 3 is 2.27 bits per heavy atom. The Bertz CT molecular complexity index is 466. The third kappa shape index (κ3) is 2.33. The van der Waals surface area contributed by atoms with Crippen LogP contribution in [0.3, 0.4) is 0 Å². The number of sulfone groups is 1. The Morgan fingerprint density at radius 1 is 1.27 bits per heavy atom. The number of halogens is 1. The maximum absolute atomic E-state index is 11.5. The van der Waals surface area contributed by atoms with Crippen molar-refractivity contribution in [2.45, 2.75) is 23.3 Å². The van der Waals surface area contributed by atoms with Crippen molar-refractivity contribution in [3.8, 4) is 0 Å². The quantitative estimate of drug-likeness (QED) is 0.861.